The monoisotopic (exact) mass is 459 g/mol. The van der Waals surface area contributed by atoms with Crippen LogP contribution in [-0.4, -0.2) is 25.2 Å². The predicted molar refractivity (Wildman–Crippen MR) is 102 cm³/mol. The molecule has 1 amide bonds. The second-order valence-electron chi connectivity index (χ2n) is 5.25. The van der Waals surface area contributed by atoms with Crippen LogP contribution in [0.5, 0.6) is 0 Å². The van der Waals surface area contributed by atoms with Gasteiger partial charge in [0.15, 0.2) is 9.84 Å². The van der Waals surface area contributed by atoms with Crippen molar-refractivity contribution in [2.45, 2.75) is 24.3 Å². The molecule has 24 heavy (non-hydrogen) atoms. The minimum atomic E-state index is -3.27. The maximum atomic E-state index is 12.0. The van der Waals surface area contributed by atoms with Crippen LogP contribution in [0.2, 0.25) is 0 Å². The number of halogens is 1. The fourth-order valence-corrected chi connectivity index (χ4v) is 3.35. The van der Waals surface area contributed by atoms with Gasteiger partial charge in [-0.3, -0.25) is 4.79 Å². The minimum absolute atomic E-state index is 0.0211. The summed E-state index contributed by atoms with van der Waals surface area (Å²) in [5.41, 5.74) is 1.17. The second kappa shape index (κ2) is 8.09. The van der Waals surface area contributed by atoms with Crippen LogP contribution in [0.3, 0.4) is 0 Å². The average Bonchev–Trinajstić information content (AvgIpc) is 2.57. The Labute approximate surface area is 155 Å². The van der Waals surface area contributed by atoms with Gasteiger partial charge in [-0.1, -0.05) is 19.1 Å². The number of sulfone groups is 1. The highest BCUT2D eigenvalue weighted by molar-refractivity contribution is 14.1. The van der Waals surface area contributed by atoms with Crippen LogP contribution < -0.4 is 5.32 Å². The number of nitrogens with one attached hydrogen (secondary N) is 1. The number of aliphatic hydroxyl groups is 1. The zero-order valence-electron chi connectivity index (χ0n) is 13.1. The number of rotatable bonds is 6. The molecule has 0 aliphatic heterocycles. The first-order valence-electron chi connectivity index (χ1n) is 7.38. The molecule has 5 nitrogen and oxygen atoms in total. The number of carbonyl (C=O) groups excluding carboxylic acids is 1. The summed E-state index contributed by atoms with van der Waals surface area (Å²) in [6.45, 7) is 1.58. The standard InChI is InChI=1S/C17H18INO4S/c1-2-24(22,23)15-9-3-12(4-10-15)16(20)11-17(21)19-14-7-5-13(18)6-8-14/h3-10,16,20H,2,11H2,1H3,(H,19,21). The molecule has 0 bridgehead atoms. The number of benzene rings is 2. The lowest BCUT2D eigenvalue weighted by molar-refractivity contribution is -0.118. The van der Waals surface area contributed by atoms with Crippen LogP contribution >= 0.6 is 22.6 Å². The predicted octanol–water partition coefficient (Wildman–Crippen LogP) is 3.15. The number of hydrogen-bond acceptors (Lipinski definition) is 4. The Kier molecular flexibility index (Phi) is 6.36. The van der Waals surface area contributed by atoms with Crippen molar-refractivity contribution in [3.8, 4) is 0 Å². The number of amides is 1. The van der Waals surface area contributed by atoms with Crippen LogP contribution in [0, 0.1) is 3.57 Å². The van der Waals surface area contributed by atoms with Crippen molar-refractivity contribution in [2.75, 3.05) is 11.1 Å². The van der Waals surface area contributed by atoms with E-state index in [2.05, 4.69) is 27.9 Å². The molecule has 2 N–H and O–H groups in total. The lowest BCUT2D eigenvalue weighted by Gasteiger charge is -2.12. The smallest absolute Gasteiger partial charge is 0.227 e. The number of carbonyl (C=O) groups is 1. The summed E-state index contributed by atoms with van der Waals surface area (Å²) < 4.78 is 24.6. The van der Waals surface area contributed by atoms with E-state index in [-0.39, 0.29) is 23.0 Å². The minimum Gasteiger partial charge on any atom is -0.388 e. The Morgan fingerprint density at radius 2 is 1.71 bits per heavy atom. The molecule has 7 heteroatoms. The Morgan fingerprint density at radius 1 is 1.12 bits per heavy atom. The van der Waals surface area contributed by atoms with Gasteiger partial charge in [-0.15, -0.1) is 0 Å². The van der Waals surface area contributed by atoms with Crippen molar-refractivity contribution in [1.29, 1.82) is 0 Å². The van der Waals surface area contributed by atoms with Gasteiger partial charge < -0.3 is 10.4 Å². The maximum absolute atomic E-state index is 12.0. The second-order valence-corrected chi connectivity index (χ2v) is 8.77. The molecule has 1 unspecified atom stereocenters. The van der Waals surface area contributed by atoms with Crippen molar-refractivity contribution >= 4 is 44.0 Å². The Bertz CT molecular complexity index is 801. The van der Waals surface area contributed by atoms with Gasteiger partial charge in [0.25, 0.3) is 0 Å². The third-order valence-corrected chi connectivity index (χ3v) is 5.98. The molecule has 2 aromatic rings. The van der Waals surface area contributed by atoms with E-state index in [0.29, 0.717) is 11.3 Å². The molecule has 0 aliphatic carbocycles. The lowest BCUT2D eigenvalue weighted by atomic mass is 10.1. The van der Waals surface area contributed by atoms with Gasteiger partial charge >= 0.3 is 0 Å². The molecule has 0 fully saturated rings. The van der Waals surface area contributed by atoms with Gasteiger partial charge in [-0.05, 0) is 64.6 Å². The van der Waals surface area contributed by atoms with Crippen LogP contribution in [-0.2, 0) is 14.6 Å². The van der Waals surface area contributed by atoms with Crippen LogP contribution in [0.15, 0.2) is 53.4 Å². The molecule has 0 aromatic heterocycles. The van der Waals surface area contributed by atoms with E-state index in [4.69, 9.17) is 0 Å². The SMILES string of the molecule is CCS(=O)(=O)c1ccc(C(O)CC(=O)Nc2ccc(I)cc2)cc1. The van der Waals surface area contributed by atoms with E-state index in [1.165, 1.54) is 24.3 Å². The van der Waals surface area contributed by atoms with Crippen molar-refractivity contribution in [3.05, 3.63) is 57.7 Å². The van der Waals surface area contributed by atoms with Crippen LogP contribution in [0.1, 0.15) is 25.0 Å². The molecule has 2 aromatic carbocycles. The molecule has 0 radical (unpaired) electrons. The van der Waals surface area contributed by atoms with E-state index in [1.807, 2.05) is 12.1 Å². The van der Waals surface area contributed by atoms with E-state index in [1.54, 1.807) is 19.1 Å². The van der Waals surface area contributed by atoms with Crippen molar-refractivity contribution in [2.24, 2.45) is 0 Å². The fourth-order valence-electron chi connectivity index (χ4n) is 2.10. The van der Waals surface area contributed by atoms with Gasteiger partial charge in [-0.25, -0.2) is 8.42 Å². The van der Waals surface area contributed by atoms with E-state index in [9.17, 15) is 18.3 Å². The summed E-state index contributed by atoms with van der Waals surface area (Å²) in [6, 6.07) is 13.3. The zero-order valence-corrected chi connectivity index (χ0v) is 16.0. The van der Waals surface area contributed by atoms with Gasteiger partial charge in [0.05, 0.1) is 23.2 Å². The zero-order chi connectivity index (χ0) is 17.7. The number of hydrogen-bond donors (Lipinski definition) is 2. The molecule has 0 saturated heterocycles. The Morgan fingerprint density at radius 3 is 2.25 bits per heavy atom. The number of aliphatic hydroxyl groups excluding tert-OH is 1. The highest BCUT2D eigenvalue weighted by atomic mass is 127. The fraction of sp³-hybridized carbons (Fsp3) is 0.235. The van der Waals surface area contributed by atoms with Crippen molar-refractivity contribution < 1.29 is 18.3 Å². The molecular weight excluding hydrogens is 441 g/mol. The van der Waals surface area contributed by atoms with E-state index in [0.717, 1.165) is 3.57 Å². The molecule has 0 heterocycles. The Hall–Kier alpha value is -1.45. The Balaban J connectivity index is 2.00. The highest BCUT2D eigenvalue weighted by Crippen LogP contribution is 2.21. The first-order valence-corrected chi connectivity index (χ1v) is 10.1. The molecule has 0 saturated carbocycles. The summed E-state index contributed by atoms with van der Waals surface area (Å²) in [5.74, 6) is -0.290. The molecule has 0 aliphatic rings. The van der Waals surface area contributed by atoms with Gasteiger partial charge in [0.1, 0.15) is 0 Å². The summed E-state index contributed by atoms with van der Waals surface area (Å²) in [5, 5.41) is 12.9. The number of anilines is 1. The molecule has 2 rings (SSSR count). The summed E-state index contributed by atoms with van der Waals surface area (Å²) in [7, 11) is -3.27. The summed E-state index contributed by atoms with van der Waals surface area (Å²) >= 11 is 2.17. The van der Waals surface area contributed by atoms with Gasteiger partial charge in [-0.2, -0.15) is 0 Å². The van der Waals surface area contributed by atoms with E-state index < -0.39 is 15.9 Å². The topological polar surface area (TPSA) is 83.5 Å². The van der Waals surface area contributed by atoms with Gasteiger partial charge in [0, 0.05) is 9.26 Å². The van der Waals surface area contributed by atoms with Crippen LogP contribution in [0.4, 0.5) is 5.69 Å². The third-order valence-electron chi connectivity index (χ3n) is 3.51. The molecule has 128 valence electrons. The summed E-state index contributed by atoms with van der Waals surface area (Å²) in [6.07, 6.45) is -1.10. The maximum Gasteiger partial charge on any atom is 0.227 e. The lowest BCUT2D eigenvalue weighted by Crippen LogP contribution is -2.15. The summed E-state index contributed by atoms with van der Waals surface area (Å²) in [4.78, 5) is 12.2. The van der Waals surface area contributed by atoms with E-state index >= 15 is 0 Å². The molecular formula is C17H18INO4S. The molecule has 1 atom stereocenters. The first kappa shape index (κ1) is 18.9. The van der Waals surface area contributed by atoms with Gasteiger partial charge in [0.2, 0.25) is 5.91 Å². The quantitative estimate of drug-likeness (QED) is 0.651. The van der Waals surface area contributed by atoms with Crippen LogP contribution in [0.25, 0.3) is 0 Å². The first-order chi connectivity index (χ1) is 11.3. The van der Waals surface area contributed by atoms with Crippen molar-refractivity contribution in [3.63, 3.8) is 0 Å². The van der Waals surface area contributed by atoms with Crippen molar-refractivity contribution in [1.82, 2.24) is 0 Å². The highest BCUT2D eigenvalue weighted by Gasteiger charge is 2.16. The largest absolute Gasteiger partial charge is 0.388 e. The average molecular weight is 459 g/mol. The normalized spacial score (nSPS) is 12.6. The third kappa shape index (κ3) is 5.02. The molecule has 0 spiro atoms.